The second-order valence-electron chi connectivity index (χ2n) is 3.94. The molecule has 1 aromatic heterocycles. The van der Waals surface area contributed by atoms with Gasteiger partial charge in [-0.1, -0.05) is 27.5 Å². The van der Waals surface area contributed by atoms with Crippen molar-refractivity contribution in [1.29, 1.82) is 0 Å². The zero-order valence-corrected chi connectivity index (χ0v) is 12.5. The van der Waals surface area contributed by atoms with Crippen molar-refractivity contribution >= 4 is 39.7 Å². The lowest BCUT2D eigenvalue weighted by molar-refractivity contribution is 0.597. The van der Waals surface area contributed by atoms with Crippen molar-refractivity contribution in [3.63, 3.8) is 0 Å². The van der Waals surface area contributed by atoms with Crippen molar-refractivity contribution in [2.75, 3.05) is 0 Å². The quantitative estimate of drug-likeness (QED) is 0.815. The molecule has 0 atom stereocenters. The zero-order chi connectivity index (χ0) is 12.6. The highest BCUT2D eigenvalue weighted by Crippen LogP contribution is 2.30. The topological polar surface area (TPSA) is 33.6 Å². The first-order chi connectivity index (χ1) is 8.00. The lowest BCUT2D eigenvalue weighted by atomic mass is 10.2. The number of aromatic amines is 1. The standard InChI is InChI=1S/C11H11BrClN3S/c1-6(2)16-10(14-15-11(16)17)8-5-7(13)3-4-9(8)12/h3-6H,1-2H3,(H,15,17). The number of halogens is 2. The lowest BCUT2D eigenvalue weighted by Gasteiger charge is -2.11. The molecule has 0 radical (unpaired) electrons. The molecule has 0 saturated heterocycles. The number of rotatable bonds is 2. The number of aromatic nitrogens is 3. The van der Waals surface area contributed by atoms with Crippen LogP contribution in [0.25, 0.3) is 11.4 Å². The van der Waals surface area contributed by atoms with Crippen LogP contribution in [-0.2, 0) is 0 Å². The molecular formula is C11H11BrClN3S. The van der Waals surface area contributed by atoms with Gasteiger partial charge in [0.2, 0.25) is 0 Å². The van der Waals surface area contributed by atoms with Crippen LogP contribution in [0.3, 0.4) is 0 Å². The summed E-state index contributed by atoms with van der Waals surface area (Å²) in [6.07, 6.45) is 0. The van der Waals surface area contributed by atoms with E-state index in [0.717, 1.165) is 15.9 Å². The molecule has 0 aliphatic heterocycles. The average molecular weight is 333 g/mol. The van der Waals surface area contributed by atoms with Gasteiger partial charge in [-0.15, -0.1) is 0 Å². The van der Waals surface area contributed by atoms with Crippen LogP contribution in [-0.4, -0.2) is 14.8 Å². The van der Waals surface area contributed by atoms with Gasteiger partial charge in [-0.25, -0.2) is 0 Å². The van der Waals surface area contributed by atoms with Gasteiger partial charge in [0, 0.05) is 21.1 Å². The Morgan fingerprint density at radius 1 is 1.47 bits per heavy atom. The third kappa shape index (κ3) is 2.46. The summed E-state index contributed by atoms with van der Waals surface area (Å²) < 4.78 is 3.52. The molecule has 90 valence electrons. The fourth-order valence-corrected chi connectivity index (χ4v) is 2.58. The van der Waals surface area contributed by atoms with Gasteiger partial charge in [-0.2, -0.15) is 5.10 Å². The highest BCUT2D eigenvalue weighted by molar-refractivity contribution is 9.10. The molecule has 6 heteroatoms. The van der Waals surface area contributed by atoms with Gasteiger partial charge < -0.3 is 0 Å². The minimum Gasteiger partial charge on any atom is -0.298 e. The fraction of sp³-hybridized carbons (Fsp3) is 0.273. The van der Waals surface area contributed by atoms with Crippen LogP contribution in [0.1, 0.15) is 19.9 Å². The first kappa shape index (κ1) is 12.8. The minimum atomic E-state index is 0.238. The molecule has 1 aromatic carbocycles. The van der Waals surface area contributed by atoms with Crippen molar-refractivity contribution in [2.24, 2.45) is 0 Å². The van der Waals surface area contributed by atoms with Crippen LogP contribution in [0.4, 0.5) is 0 Å². The normalized spacial score (nSPS) is 11.1. The zero-order valence-electron chi connectivity index (χ0n) is 9.37. The second-order valence-corrected chi connectivity index (χ2v) is 5.62. The molecule has 0 fully saturated rings. The largest absolute Gasteiger partial charge is 0.298 e. The van der Waals surface area contributed by atoms with Gasteiger partial charge in [0.1, 0.15) is 0 Å². The van der Waals surface area contributed by atoms with E-state index in [1.54, 1.807) is 0 Å². The molecule has 1 N–H and O–H groups in total. The number of hydrogen-bond acceptors (Lipinski definition) is 2. The lowest BCUT2D eigenvalue weighted by Crippen LogP contribution is -2.03. The fourth-order valence-electron chi connectivity index (χ4n) is 1.64. The van der Waals surface area contributed by atoms with E-state index >= 15 is 0 Å². The van der Waals surface area contributed by atoms with E-state index in [-0.39, 0.29) is 6.04 Å². The first-order valence-electron chi connectivity index (χ1n) is 5.13. The highest BCUT2D eigenvalue weighted by atomic mass is 79.9. The highest BCUT2D eigenvalue weighted by Gasteiger charge is 2.14. The van der Waals surface area contributed by atoms with E-state index in [0.29, 0.717) is 9.79 Å². The maximum Gasteiger partial charge on any atom is 0.195 e. The van der Waals surface area contributed by atoms with E-state index in [1.165, 1.54) is 0 Å². The van der Waals surface area contributed by atoms with Crippen LogP contribution in [0.2, 0.25) is 5.02 Å². The predicted octanol–water partition coefficient (Wildman–Crippen LogP) is 4.60. The smallest absolute Gasteiger partial charge is 0.195 e. The third-order valence-electron chi connectivity index (χ3n) is 2.39. The SMILES string of the molecule is CC(C)n1c(-c2cc(Cl)ccc2Br)n[nH]c1=S. The van der Waals surface area contributed by atoms with Gasteiger partial charge >= 0.3 is 0 Å². The summed E-state index contributed by atoms with van der Waals surface area (Å²) in [4.78, 5) is 0. The van der Waals surface area contributed by atoms with E-state index in [9.17, 15) is 0 Å². The van der Waals surface area contributed by atoms with Crippen molar-refractivity contribution < 1.29 is 0 Å². The molecule has 3 nitrogen and oxygen atoms in total. The summed E-state index contributed by atoms with van der Waals surface area (Å²) in [5, 5.41) is 7.76. The monoisotopic (exact) mass is 331 g/mol. The van der Waals surface area contributed by atoms with Crippen molar-refractivity contribution in [1.82, 2.24) is 14.8 Å². The first-order valence-corrected chi connectivity index (χ1v) is 6.71. The predicted molar refractivity (Wildman–Crippen MR) is 75.9 cm³/mol. The molecule has 0 unspecified atom stereocenters. The van der Waals surface area contributed by atoms with E-state index in [1.807, 2.05) is 22.8 Å². The van der Waals surface area contributed by atoms with Gasteiger partial charge in [0.25, 0.3) is 0 Å². The van der Waals surface area contributed by atoms with Crippen LogP contribution in [0.5, 0.6) is 0 Å². The number of H-pyrrole nitrogens is 1. The molecule has 0 aliphatic carbocycles. The Kier molecular flexibility index (Phi) is 3.70. The Morgan fingerprint density at radius 2 is 2.18 bits per heavy atom. The van der Waals surface area contributed by atoms with Gasteiger partial charge in [-0.3, -0.25) is 9.67 Å². The minimum absolute atomic E-state index is 0.238. The molecule has 1 heterocycles. The Morgan fingerprint density at radius 3 is 2.82 bits per heavy atom. The van der Waals surface area contributed by atoms with Crippen molar-refractivity contribution in [3.05, 3.63) is 32.5 Å². The molecule has 2 aromatic rings. The Labute approximate surface area is 118 Å². The molecule has 0 spiro atoms. The van der Waals surface area contributed by atoms with E-state index in [2.05, 4.69) is 40.0 Å². The molecule has 0 amide bonds. The van der Waals surface area contributed by atoms with E-state index in [4.69, 9.17) is 23.8 Å². The summed E-state index contributed by atoms with van der Waals surface area (Å²) in [7, 11) is 0. The molecule has 0 bridgehead atoms. The number of hydrogen-bond donors (Lipinski definition) is 1. The summed E-state index contributed by atoms with van der Waals surface area (Å²) in [5.41, 5.74) is 0.929. The third-order valence-corrected chi connectivity index (χ3v) is 3.60. The second kappa shape index (κ2) is 4.92. The van der Waals surface area contributed by atoms with Crippen LogP contribution in [0.15, 0.2) is 22.7 Å². The molecule has 0 aliphatic rings. The summed E-state index contributed by atoms with van der Waals surface area (Å²) in [6, 6.07) is 5.84. The number of nitrogens with one attached hydrogen (secondary N) is 1. The summed E-state index contributed by atoms with van der Waals surface area (Å²) in [6.45, 7) is 4.13. The van der Waals surface area contributed by atoms with Crippen molar-refractivity contribution in [2.45, 2.75) is 19.9 Å². The Hall–Kier alpha value is -0.650. The van der Waals surface area contributed by atoms with Crippen LogP contribution >= 0.6 is 39.7 Å². The average Bonchev–Trinajstić information content (AvgIpc) is 2.64. The maximum absolute atomic E-state index is 6.01. The van der Waals surface area contributed by atoms with Crippen LogP contribution in [0, 0.1) is 4.77 Å². The van der Waals surface area contributed by atoms with Crippen LogP contribution < -0.4 is 0 Å². The Balaban J connectivity index is 2.69. The van der Waals surface area contributed by atoms with Gasteiger partial charge in [0.05, 0.1) is 0 Å². The summed E-state index contributed by atoms with van der Waals surface area (Å²) >= 11 is 14.7. The Bertz CT molecular complexity index is 603. The maximum atomic E-state index is 6.01. The molecular weight excluding hydrogens is 322 g/mol. The molecule has 0 saturated carbocycles. The van der Waals surface area contributed by atoms with Gasteiger partial charge in [0.15, 0.2) is 10.6 Å². The number of nitrogens with zero attached hydrogens (tertiary/aromatic N) is 2. The van der Waals surface area contributed by atoms with E-state index < -0.39 is 0 Å². The summed E-state index contributed by atoms with van der Waals surface area (Å²) in [5.74, 6) is 0.791. The molecule has 17 heavy (non-hydrogen) atoms. The number of benzene rings is 1. The van der Waals surface area contributed by atoms with Gasteiger partial charge in [-0.05, 0) is 44.3 Å². The molecule has 2 rings (SSSR count). The van der Waals surface area contributed by atoms with Crippen molar-refractivity contribution in [3.8, 4) is 11.4 Å².